The van der Waals surface area contributed by atoms with Crippen LogP contribution in [-0.2, 0) is 25.6 Å². The molecule has 0 fully saturated rings. The smallest absolute Gasteiger partial charge is 0.331 e. The number of urea groups is 1. The standard InChI is InChI=1S/C16H21N3O8/c1-3-27-14(21)8-17-16(23)18(13(10-20)15(22)26-2)9-11-5-4-6-12(7-11)19(24)25/h4-7,13,20H,3,8-10H2,1-2H3,(H,17,23). The predicted octanol–water partition coefficient (Wildman–Crippen LogP) is 0.203. The van der Waals surface area contributed by atoms with Gasteiger partial charge in [-0.2, -0.15) is 0 Å². The molecule has 148 valence electrons. The van der Waals surface area contributed by atoms with Gasteiger partial charge in [0.05, 0.1) is 25.2 Å². The van der Waals surface area contributed by atoms with Gasteiger partial charge >= 0.3 is 18.0 Å². The van der Waals surface area contributed by atoms with Crippen LogP contribution in [0.1, 0.15) is 12.5 Å². The van der Waals surface area contributed by atoms with Crippen LogP contribution >= 0.6 is 0 Å². The Bertz CT molecular complexity index is 694. The molecule has 0 aliphatic rings. The lowest BCUT2D eigenvalue weighted by Crippen LogP contribution is -2.52. The largest absolute Gasteiger partial charge is 0.467 e. The molecule has 1 unspecified atom stereocenters. The summed E-state index contributed by atoms with van der Waals surface area (Å²) < 4.78 is 9.28. The SMILES string of the molecule is CCOC(=O)CNC(=O)N(Cc1cccc([N+](=O)[O-])c1)C(CO)C(=O)OC. The number of hydrogen-bond donors (Lipinski definition) is 2. The lowest BCUT2D eigenvalue weighted by molar-refractivity contribution is -0.384. The van der Waals surface area contributed by atoms with Gasteiger partial charge in [-0.3, -0.25) is 14.9 Å². The topological polar surface area (TPSA) is 148 Å². The van der Waals surface area contributed by atoms with Crippen molar-refractivity contribution in [2.45, 2.75) is 19.5 Å². The van der Waals surface area contributed by atoms with Crippen molar-refractivity contribution in [3.8, 4) is 0 Å². The Morgan fingerprint density at radius 2 is 2.07 bits per heavy atom. The highest BCUT2D eigenvalue weighted by molar-refractivity contribution is 5.86. The third-order valence-corrected chi connectivity index (χ3v) is 3.45. The van der Waals surface area contributed by atoms with E-state index in [-0.39, 0.29) is 18.8 Å². The minimum Gasteiger partial charge on any atom is -0.467 e. The minimum absolute atomic E-state index is 0.132. The molecule has 0 aliphatic carbocycles. The van der Waals surface area contributed by atoms with Crippen LogP contribution in [0.3, 0.4) is 0 Å². The average molecular weight is 383 g/mol. The van der Waals surface area contributed by atoms with Crippen molar-refractivity contribution < 1.29 is 33.9 Å². The number of benzene rings is 1. The Hall–Kier alpha value is -3.21. The number of ether oxygens (including phenoxy) is 2. The van der Waals surface area contributed by atoms with Crippen molar-refractivity contribution in [1.82, 2.24) is 10.2 Å². The normalized spacial score (nSPS) is 11.2. The van der Waals surface area contributed by atoms with Gasteiger partial charge in [0.25, 0.3) is 5.69 Å². The first-order valence-electron chi connectivity index (χ1n) is 7.96. The molecule has 2 N–H and O–H groups in total. The molecule has 1 aromatic rings. The zero-order valence-electron chi connectivity index (χ0n) is 14.9. The summed E-state index contributed by atoms with van der Waals surface area (Å²) in [7, 11) is 1.09. The number of aliphatic hydroxyl groups is 1. The van der Waals surface area contributed by atoms with E-state index in [4.69, 9.17) is 4.74 Å². The van der Waals surface area contributed by atoms with Crippen molar-refractivity contribution in [2.24, 2.45) is 0 Å². The number of non-ortho nitro benzene ring substituents is 1. The summed E-state index contributed by atoms with van der Waals surface area (Å²) >= 11 is 0. The number of amides is 2. The molecule has 27 heavy (non-hydrogen) atoms. The third-order valence-electron chi connectivity index (χ3n) is 3.45. The van der Waals surface area contributed by atoms with Gasteiger partial charge in [0.2, 0.25) is 0 Å². The van der Waals surface area contributed by atoms with Crippen LogP contribution in [0.5, 0.6) is 0 Å². The second kappa shape index (κ2) is 10.7. The number of rotatable bonds is 9. The molecule has 0 bridgehead atoms. The summed E-state index contributed by atoms with van der Waals surface area (Å²) in [5.74, 6) is -1.56. The van der Waals surface area contributed by atoms with Crippen LogP contribution in [-0.4, -0.2) is 65.8 Å². The highest BCUT2D eigenvalue weighted by Crippen LogP contribution is 2.16. The predicted molar refractivity (Wildman–Crippen MR) is 91.6 cm³/mol. The van der Waals surface area contributed by atoms with Gasteiger partial charge in [-0.05, 0) is 12.5 Å². The van der Waals surface area contributed by atoms with Gasteiger partial charge in [-0.15, -0.1) is 0 Å². The Balaban J connectivity index is 3.04. The number of aliphatic hydroxyl groups excluding tert-OH is 1. The maximum atomic E-state index is 12.5. The van der Waals surface area contributed by atoms with Gasteiger partial charge in [0.1, 0.15) is 6.54 Å². The van der Waals surface area contributed by atoms with Crippen LogP contribution in [0.4, 0.5) is 10.5 Å². The number of hydrogen-bond acceptors (Lipinski definition) is 8. The van der Waals surface area contributed by atoms with Crippen molar-refractivity contribution in [3.63, 3.8) is 0 Å². The van der Waals surface area contributed by atoms with E-state index < -0.39 is 42.1 Å². The lowest BCUT2D eigenvalue weighted by atomic mass is 10.1. The van der Waals surface area contributed by atoms with Gasteiger partial charge in [0.15, 0.2) is 6.04 Å². The first-order valence-corrected chi connectivity index (χ1v) is 7.96. The van der Waals surface area contributed by atoms with Gasteiger partial charge in [-0.1, -0.05) is 12.1 Å². The number of methoxy groups -OCH3 is 1. The number of esters is 2. The molecule has 1 atom stereocenters. The maximum Gasteiger partial charge on any atom is 0.331 e. The Kier molecular flexibility index (Phi) is 8.66. The summed E-state index contributed by atoms with van der Waals surface area (Å²) in [5, 5.41) is 22.7. The fourth-order valence-electron chi connectivity index (χ4n) is 2.19. The Morgan fingerprint density at radius 1 is 1.37 bits per heavy atom. The van der Waals surface area contributed by atoms with E-state index in [2.05, 4.69) is 10.1 Å². The summed E-state index contributed by atoms with van der Waals surface area (Å²) in [6.45, 7) is 0.309. The van der Waals surface area contributed by atoms with Crippen LogP contribution in [0, 0.1) is 10.1 Å². The monoisotopic (exact) mass is 383 g/mol. The van der Waals surface area contributed by atoms with Gasteiger partial charge in [-0.25, -0.2) is 9.59 Å². The maximum absolute atomic E-state index is 12.5. The summed E-state index contributed by atoms with van der Waals surface area (Å²) in [6, 6.07) is 3.24. The fraction of sp³-hybridized carbons (Fsp3) is 0.438. The highest BCUT2D eigenvalue weighted by atomic mass is 16.6. The summed E-state index contributed by atoms with van der Waals surface area (Å²) in [4.78, 5) is 47.0. The Morgan fingerprint density at radius 3 is 2.63 bits per heavy atom. The summed E-state index contributed by atoms with van der Waals surface area (Å²) in [6.07, 6.45) is 0. The molecule has 0 spiro atoms. The molecule has 0 aliphatic heterocycles. The van der Waals surface area contributed by atoms with Gasteiger partial charge < -0.3 is 24.8 Å². The molecular weight excluding hydrogens is 362 g/mol. The quantitative estimate of drug-likeness (QED) is 0.349. The van der Waals surface area contributed by atoms with Gasteiger partial charge in [0, 0.05) is 18.7 Å². The molecule has 11 heteroatoms. The fourth-order valence-corrected chi connectivity index (χ4v) is 2.19. The van der Waals surface area contributed by atoms with E-state index in [0.717, 1.165) is 12.0 Å². The number of carbonyl (C=O) groups is 3. The van der Waals surface area contributed by atoms with Crippen LogP contribution in [0.25, 0.3) is 0 Å². The molecule has 1 aromatic carbocycles. The van der Waals surface area contributed by atoms with E-state index in [1.165, 1.54) is 24.3 Å². The first-order chi connectivity index (χ1) is 12.8. The zero-order chi connectivity index (χ0) is 20.4. The molecule has 0 radical (unpaired) electrons. The number of nitrogens with zero attached hydrogens (tertiary/aromatic N) is 2. The molecule has 1 rings (SSSR count). The molecule has 0 heterocycles. The van der Waals surface area contributed by atoms with Crippen LogP contribution in [0.15, 0.2) is 24.3 Å². The molecule has 2 amide bonds. The number of carbonyl (C=O) groups excluding carboxylic acids is 3. The number of nitro groups is 1. The van der Waals surface area contributed by atoms with E-state index in [9.17, 15) is 29.6 Å². The average Bonchev–Trinajstić information content (AvgIpc) is 2.66. The second-order valence-electron chi connectivity index (χ2n) is 5.24. The van der Waals surface area contributed by atoms with Crippen molar-refractivity contribution in [3.05, 3.63) is 39.9 Å². The van der Waals surface area contributed by atoms with Crippen molar-refractivity contribution in [1.29, 1.82) is 0 Å². The van der Waals surface area contributed by atoms with E-state index >= 15 is 0 Å². The van der Waals surface area contributed by atoms with E-state index in [1.54, 1.807) is 6.92 Å². The van der Waals surface area contributed by atoms with Crippen molar-refractivity contribution in [2.75, 3.05) is 26.9 Å². The molecule has 0 saturated heterocycles. The van der Waals surface area contributed by atoms with Crippen molar-refractivity contribution >= 4 is 23.7 Å². The van der Waals surface area contributed by atoms with E-state index in [0.29, 0.717) is 5.56 Å². The first kappa shape index (κ1) is 21.8. The van der Waals surface area contributed by atoms with Crippen LogP contribution < -0.4 is 5.32 Å². The molecule has 11 nitrogen and oxygen atoms in total. The molecule has 0 saturated carbocycles. The van der Waals surface area contributed by atoms with Crippen LogP contribution in [0.2, 0.25) is 0 Å². The Labute approximate surface area is 155 Å². The number of nitrogens with one attached hydrogen (secondary N) is 1. The molecular formula is C16H21N3O8. The second-order valence-corrected chi connectivity index (χ2v) is 5.24. The number of nitro benzene ring substituents is 1. The zero-order valence-corrected chi connectivity index (χ0v) is 14.9. The highest BCUT2D eigenvalue weighted by Gasteiger charge is 2.31. The summed E-state index contributed by atoms with van der Waals surface area (Å²) in [5.41, 5.74) is 0.149. The molecule has 0 aromatic heterocycles. The lowest BCUT2D eigenvalue weighted by Gasteiger charge is -2.28. The third kappa shape index (κ3) is 6.55. The minimum atomic E-state index is -1.36. The van der Waals surface area contributed by atoms with E-state index in [1.807, 2.05) is 0 Å².